The molecule has 0 aliphatic heterocycles. The van der Waals surface area contributed by atoms with Crippen LogP contribution >= 0.6 is 11.3 Å². The molecule has 0 bridgehead atoms. The first-order chi connectivity index (χ1) is 12.8. The zero-order valence-corrected chi connectivity index (χ0v) is 14.9. The van der Waals surface area contributed by atoms with Gasteiger partial charge in [0.25, 0.3) is 0 Å². The minimum absolute atomic E-state index is 0.0396. The van der Waals surface area contributed by atoms with Crippen LogP contribution in [0.4, 0.5) is 0 Å². The predicted octanol–water partition coefficient (Wildman–Crippen LogP) is 4.38. The zero-order valence-electron chi connectivity index (χ0n) is 14.1. The van der Waals surface area contributed by atoms with Crippen molar-refractivity contribution in [1.82, 2.24) is 4.98 Å². The van der Waals surface area contributed by atoms with Crippen molar-refractivity contribution in [2.45, 2.75) is 6.54 Å². The molecule has 0 saturated heterocycles. The Hall–Kier alpha value is -3.11. The number of carbonyl (C=O) groups is 1. The molecule has 4 heteroatoms. The molecule has 2 aromatic carbocycles. The highest BCUT2D eigenvalue weighted by molar-refractivity contribution is 7.13. The summed E-state index contributed by atoms with van der Waals surface area (Å²) in [5.41, 5.74) is 3.55. The Labute approximate surface area is 156 Å². The summed E-state index contributed by atoms with van der Waals surface area (Å²) in [7, 11) is 0. The van der Waals surface area contributed by atoms with E-state index in [1.807, 2.05) is 77.6 Å². The summed E-state index contributed by atoms with van der Waals surface area (Å²) in [6, 6.07) is 23.2. The highest BCUT2D eigenvalue weighted by Crippen LogP contribution is 2.23. The molecule has 0 radical (unpaired) electrons. The van der Waals surface area contributed by atoms with E-state index in [0.29, 0.717) is 17.7 Å². The first kappa shape index (κ1) is 16.4. The van der Waals surface area contributed by atoms with Crippen molar-refractivity contribution in [3.05, 3.63) is 107 Å². The minimum Gasteiger partial charge on any atom is -0.289 e. The molecule has 2 aromatic heterocycles. The van der Waals surface area contributed by atoms with Gasteiger partial charge in [-0.1, -0.05) is 60.7 Å². The Morgan fingerprint density at radius 1 is 0.846 bits per heavy atom. The Kier molecular flexibility index (Phi) is 4.67. The fourth-order valence-electron chi connectivity index (χ4n) is 2.75. The molecule has 0 aliphatic carbocycles. The maximum atomic E-state index is 12.5. The fourth-order valence-corrected chi connectivity index (χ4v) is 3.57. The van der Waals surface area contributed by atoms with Crippen LogP contribution in [0.2, 0.25) is 0 Å². The Bertz CT molecular complexity index is 1010. The number of rotatable bonds is 5. The summed E-state index contributed by atoms with van der Waals surface area (Å²) in [4.78, 5) is 17.2. The molecule has 3 nitrogen and oxygen atoms in total. The van der Waals surface area contributed by atoms with Crippen molar-refractivity contribution in [2.24, 2.45) is 0 Å². The highest BCUT2D eigenvalue weighted by atomic mass is 32.1. The van der Waals surface area contributed by atoms with Crippen LogP contribution in [0.25, 0.3) is 10.6 Å². The van der Waals surface area contributed by atoms with Crippen molar-refractivity contribution < 1.29 is 9.36 Å². The van der Waals surface area contributed by atoms with E-state index < -0.39 is 0 Å². The Balaban J connectivity index is 1.48. The van der Waals surface area contributed by atoms with E-state index in [2.05, 4.69) is 17.5 Å². The number of carbonyl (C=O) groups excluding carboxylic acids is 1. The van der Waals surface area contributed by atoms with Crippen LogP contribution in [-0.4, -0.2) is 10.8 Å². The third kappa shape index (κ3) is 3.60. The van der Waals surface area contributed by atoms with Gasteiger partial charge >= 0.3 is 0 Å². The number of thiazole rings is 1. The molecular formula is C22H17N2OS+. The normalized spacial score (nSPS) is 10.6. The van der Waals surface area contributed by atoms with E-state index in [-0.39, 0.29) is 5.78 Å². The van der Waals surface area contributed by atoms with Gasteiger partial charge in [-0.05, 0) is 0 Å². The van der Waals surface area contributed by atoms with E-state index in [1.165, 1.54) is 0 Å². The lowest BCUT2D eigenvalue weighted by Gasteiger charge is -2.00. The maximum absolute atomic E-state index is 12.5. The molecule has 4 rings (SSSR count). The number of nitrogens with zero attached hydrogens (tertiary/aromatic N) is 2. The predicted molar refractivity (Wildman–Crippen MR) is 103 cm³/mol. The standard InChI is InChI=1S/C22H17N2OS/c25-21(17-7-3-1-4-8-17)18-11-13-24(14-12-18)15-20-16-26-22(23-20)19-9-5-2-6-10-19/h1-14,16H,15H2/q+1. The van der Waals surface area contributed by atoms with Gasteiger partial charge in [0.05, 0.1) is 0 Å². The fraction of sp³-hybridized carbons (Fsp3) is 0.0455. The first-order valence-electron chi connectivity index (χ1n) is 8.38. The lowest BCUT2D eigenvalue weighted by Crippen LogP contribution is -2.33. The van der Waals surface area contributed by atoms with Crippen LogP contribution in [0.15, 0.2) is 90.6 Å². The number of pyridine rings is 1. The van der Waals surface area contributed by atoms with Gasteiger partial charge in [-0.15, -0.1) is 11.3 Å². The molecule has 0 spiro atoms. The van der Waals surface area contributed by atoms with Crippen LogP contribution in [0, 0.1) is 0 Å². The van der Waals surface area contributed by atoms with Crippen molar-refractivity contribution in [1.29, 1.82) is 0 Å². The summed E-state index contributed by atoms with van der Waals surface area (Å²) in [5, 5.41) is 3.11. The van der Waals surface area contributed by atoms with Crippen molar-refractivity contribution in [3.63, 3.8) is 0 Å². The third-order valence-corrected chi connectivity index (χ3v) is 5.05. The minimum atomic E-state index is 0.0396. The summed E-state index contributed by atoms with van der Waals surface area (Å²) < 4.78 is 2.03. The van der Waals surface area contributed by atoms with Gasteiger partial charge < -0.3 is 0 Å². The molecule has 26 heavy (non-hydrogen) atoms. The zero-order chi connectivity index (χ0) is 17.8. The summed E-state index contributed by atoms with van der Waals surface area (Å²) in [6.45, 7) is 0.684. The van der Waals surface area contributed by atoms with Crippen molar-refractivity contribution >= 4 is 17.1 Å². The molecule has 0 aliphatic rings. The Morgan fingerprint density at radius 2 is 1.46 bits per heavy atom. The second-order valence-corrected chi connectivity index (χ2v) is 6.82. The summed E-state index contributed by atoms with van der Waals surface area (Å²) >= 11 is 1.65. The van der Waals surface area contributed by atoms with Crippen LogP contribution < -0.4 is 4.57 Å². The number of hydrogen-bond acceptors (Lipinski definition) is 3. The number of benzene rings is 2. The molecule has 0 fully saturated rings. The van der Waals surface area contributed by atoms with Gasteiger partial charge in [-0.25, -0.2) is 4.98 Å². The lowest BCUT2D eigenvalue weighted by molar-refractivity contribution is -0.688. The van der Waals surface area contributed by atoms with E-state index in [1.54, 1.807) is 11.3 Å². The van der Waals surface area contributed by atoms with Gasteiger partial charge in [-0.2, -0.15) is 4.57 Å². The van der Waals surface area contributed by atoms with Crippen molar-refractivity contribution in [3.8, 4) is 10.6 Å². The van der Waals surface area contributed by atoms with E-state index >= 15 is 0 Å². The van der Waals surface area contributed by atoms with Gasteiger partial charge in [0, 0.05) is 34.2 Å². The van der Waals surface area contributed by atoms with Crippen LogP contribution in [0.3, 0.4) is 0 Å². The first-order valence-corrected chi connectivity index (χ1v) is 9.26. The monoisotopic (exact) mass is 357 g/mol. The van der Waals surface area contributed by atoms with Gasteiger partial charge in [-0.3, -0.25) is 4.79 Å². The lowest BCUT2D eigenvalue weighted by atomic mass is 10.0. The average Bonchev–Trinajstić information content (AvgIpc) is 3.18. The second-order valence-electron chi connectivity index (χ2n) is 5.96. The largest absolute Gasteiger partial charge is 0.289 e. The molecule has 0 unspecified atom stereocenters. The molecule has 126 valence electrons. The number of ketones is 1. The van der Waals surface area contributed by atoms with E-state index in [4.69, 9.17) is 4.98 Å². The average molecular weight is 357 g/mol. The van der Waals surface area contributed by atoms with Crippen LogP contribution in [-0.2, 0) is 6.54 Å². The van der Waals surface area contributed by atoms with Gasteiger partial charge in [0.15, 0.2) is 24.7 Å². The quantitative estimate of drug-likeness (QED) is 0.392. The van der Waals surface area contributed by atoms with Crippen molar-refractivity contribution in [2.75, 3.05) is 0 Å². The second kappa shape index (κ2) is 7.42. The molecule has 0 amide bonds. The third-order valence-electron chi connectivity index (χ3n) is 4.11. The van der Waals surface area contributed by atoms with E-state index in [9.17, 15) is 4.79 Å². The SMILES string of the molecule is O=C(c1ccccc1)c1cc[n+](Cc2csc(-c3ccccc3)n2)cc1. The molecule has 0 saturated carbocycles. The molecule has 0 N–H and O–H groups in total. The van der Waals surface area contributed by atoms with Gasteiger partial charge in [0.2, 0.25) is 0 Å². The Morgan fingerprint density at radius 3 is 2.15 bits per heavy atom. The molecule has 0 atom stereocenters. The smallest absolute Gasteiger partial charge is 0.193 e. The van der Waals surface area contributed by atoms with Gasteiger partial charge in [0.1, 0.15) is 10.7 Å². The van der Waals surface area contributed by atoms with E-state index in [0.717, 1.165) is 16.3 Å². The highest BCUT2D eigenvalue weighted by Gasteiger charge is 2.12. The topological polar surface area (TPSA) is 33.8 Å². The summed E-state index contributed by atoms with van der Waals surface area (Å²) in [5.74, 6) is 0.0396. The van der Waals surface area contributed by atoms with Crippen LogP contribution in [0.5, 0.6) is 0 Å². The molecule has 2 heterocycles. The van der Waals surface area contributed by atoms with Crippen LogP contribution in [0.1, 0.15) is 21.6 Å². The number of aromatic nitrogens is 2. The molecular weight excluding hydrogens is 340 g/mol. The maximum Gasteiger partial charge on any atom is 0.193 e. The molecule has 4 aromatic rings. The summed E-state index contributed by atoms with van der Waals surface area (Å²) in [6.07, 6.45) is 3.86. The number of hydrogen-bond donors (Lipinski definition) is 0.